The van der Waals surface area contributed by atoms with Crippen LogP contribution in [0.2, 0.25) is 5.02 Å². The fourth-order valence-corrected chi connectivity index (χ4v) is 2.68. The molecule has 1 aromatic heterocycles. The molecule has 3 rings (SSSR count). The molecule has 0 atom stereocenters. The highest BCUT2D eigenvalue weighted by Crippen LogP contribution is 2.28. The molecule has 0 saturated heterocycles. The van der Waals surface area contributed by atoms with E-state index in [1.165, 1.54) is 0 Å². The van der Waals surface area contributed by atoms with Gasteiger partial charge in [0, 0.05) is 10.2 Å². The van der Waals surface area contributed by atoms with Gasteiger partial charge >= 0.3 is 0 Å². The van der Waals surface area contributed by atoms with Gasteiger partial charge in [-0.05, 0) is 46.3 Å². The Labute approximate surface area is 129 Å². The normalized spacial score (nSPS) is 11.1. The third-order valence-corrected chi connectivity index (χ3v) is 4.38. The zero-order chi connectivity index (χ0) is 13.4. The number of nitrogens with zero attached hydrogens (tertiary/aromatic N) is 2. The molecule has 0 aliphatic rings. The molecular formula is C14H9BrCl2N2. The lowest BCUT2D eigenvalue weighted by atomic mass is 10.3. The summed E-state index contributed by atoms with van der Waals surface area (Å²) < 4.78 is 2.90. The summed E-state index contributed by atoms with van der Waals surface area (Å²) in [5.41, 5.74) is 2.91. The Morgan fingerprint density at radius 3 is 2.68 bits per heavy atom. The molecule has 1 heterocycles. The van der Waals surface area contributed by atoms with Crippen LogP contribution in [0.15, 0.2) is 46.9 Å². The number of halogens is 3. The second-order valence-corrected chi connectivity index (χ2v) is 5.61. The molecule has 0 N–H and O–H groups in total. The van der Waals surface area contributed by atoms with E-state index in [9.17, 15) is 0 Å². The topological polar surface area (TPSA) is 17.8 Å². The van der Waals surface area contributed by atoms with Crippen molar-refractivity contribution >= 4 is 50.2 Å². The van der Waals surface area contributed by atoms with E-state index in [1.807, 2.05) is 47.0 Å². The molecule has 2 aromatic carbocycles. The molecule has 96 valence electrons. The molecule has 0 aliphatic heterocycles. The van der Waals surface area contributed by atoms with E-state index >= 15 is 0 Å². The first kappa shape index (κ1) is 13.0. The standard InChI is InChI=1S/C14H9BrCl2N2/c15-10-6-5-9(7-11(10)17)19-13-4-2-1-3-12(13)18-14(19)8-16/h1-7H,8H2. The largest absolute Gasteiger partial charge is 0.295 e. The van der Waals surface area contributed by atoms with Gasteiger partial charge in [0.25, 0.3) is 0 Å². The maximum absolute atomic E-state index is 6.16. The zero-order valence-corrected chi connectivity index (χ0v) is 12.9. The number of rotatable bonds is 2. The van der Waals surface area contributed by atoms with Crippen LogP contribution in [0.25, 0.3) is 16.7 Å². The quantitative estimate of drug-likeness (QED) is 0.579. The summed E-state index contributed by atoms with van der Waals surface area (Å²) in [6.45, 7) is 0. The molecule has 0 radical (unpaired) electrons. The molecule has 3 aromatic rings. The van der Waals surface area contributed by atoms with E-state index in [-0.39, 0.29) is 0 Å². The Hall–Kier alpha value is -1.03. The van der Waals surface area contributed by atoms with Crippen LogP contribution in [0.4, 0.5) is 0 Å². The van der Waals surface area contributed by atoms with Crippen LogP contribution in [0.3, 0.4) is 0 Å². The molecule has 0 aliphatic carbocycles. The van der Waals surface area contributed by atoms with E-state index in [1.54, 1.807) is 0 Å². The van der Waals surface area contributed by atoms with Gasteiger partial charge in [-0.25, -0.2) is 4.98 Å². The van der Waals surface area contributed by atoms with Crippen molar-refractivity contribution < 1.29 is 0 Å². The highest BCUT2D eigenvalue weighted by atomic mass is 79.9. The molecule has 0 amide bonds. The molecule has 0 saturated carbocycles. The highest BCUT2D eigenvalue weighted by Gasteiger charge is 2.12. The molecule has 5 heteroatoms. The first-order valence-electron chi connectivity index (χ1n) is 5.68. The van der Waals surface area contributed by atoms with E-state index < -0.39 is 0 Å². The van der Waals surface area contributed by atoms with Gasteiger partial charge in [0.15, 0.2) is 0 Å². The van der Waals surface area contributed by atoms with Crippen LogP contribution in [-0.2, 0) is 5.88 Å². The molecule has 19 heavy (non-hydrogen) atoms. The number of fused-ring (bicyclic) bond motifs is 1. The second-order valence-electron chi connectivity index (χ2n) is 4.08. The predicted molar refractivity (Wildman–Crippen MR) is 83.3 cm³/mol. The average molecular weight is 356 g/mol. The summed E-state index contributed by atoms with van der Waals surface area (Å²) in [6, 6.07) is 13.8. The summed E-state index contributed by atoms with van der Waals surface area (Å²) in [7, 11) is 0. The maximum atomic E-state index is 6.16. The van der Waals surface area contributed by atoms with Crippen molar-refractivity contribution in [3.8, 4) is 5.69 Å². The van der Waals surface area contributed by atoms with Gasteiger partial charge in [0.1, 0.15) is 5.82 Å². The van der Waals surface area contributed by atoms with Crippen molar-refractivity contribution in [1.29, 1.82) is 0 Å². The number of hydrogen-bond acceptors (Lipinski definition) is 1. The van der Waals surface area contributed by atoms with Crippen molar-refractivity contribution in [1.82, 2.24) is 9.55 Å². The van der Waals surface area contributed by atoms with Gasteiger partial charge in [-0.3, -0.25) is 4.57 Å². The van der Waals surface area contributed by atoms with E-state index in [0.717, 1.165) is 27.0 Å². The molecule has 0 bridgehead atoms. The maximum Gasteiger partial charge on any atom is 0.129 e. The summed E-state index contributed by atoms with van der Waals surface area (Å²) in [5.74, 6) is 1.16. The molecule has 0 unspecified atom stereocenters. The van der Waals surface area contributed by atoms with Crippen LogP contribution in [0.1, 0.15) is 5.82 Å². The Morgan fingerprint density at radius 1 is 1.16 bits per heavy atom. The van der Waals surface area contributed by atoms with Crippen LogP contribution in [0, 0.1) is 0 Å². The minimum absolute atomic E-state index is 0.350. The van der Waals surface area contributed by atoms with Gasteiger partial charge in [-0.1, -0.05) is 23.7 Å². The smallest absolute Gasteiger partial charge is 0.129 e. The molecule has 2 nitrogen and oxygen atoms in total. The SMILES string of the molecule is ClCc1nc2ccccc2n1-c1ccc(Br)c(Cl)c1. The van der Waals surface area contributed by atoms with Gasteiger partial charge in [0.2, 0.25) is 0 Å². The average Bonchev–Trinajstić information content (AvgIpc) is 2.80. The third kappa shape index (κ3) is 2.27. The number of imidazole rings is 1. The number of aromatic nitrogens is 2. The summed E-state index contributed by atoms with van der Waals surface area (Å²) in [4.78, 5) is 4.54. The second kappa shape index (κ2) is 5.16. The van der Waals surface area contributed by atoms with Crippen LogP contribution in [-0.4, -0.2) is 9.55 Å². The zero-order valence-electron chi connectivity index (χ0n) is 9.78. The van der Waals surface area contributed by atoms with Crippen molar-refractivity contribution in [2.75, 3.05) is 0 Å². The summed E-state index contributed by atoms with van der Waals surface area (Å²) in [6.07, 6.45) is 0. The van der Waals surface area contributed by atoms with Crippen molar-refractivity contribution in [2.45, 2.75) is 5.88 Å². The lowest BCUT2D eigenvalue weighted by molar-refractivity contribution is 0.981. The summed E-state index contributed by atoms with van der Waals surface area (Å²) >= 11 is 15.6. The predicted octanol–water partition coefficient (Wildman–Crippen LogP) is 5.18. The molecule has 0 fully saturated rings. The van der Waals surface area contributed by atoms with Gasteiger partial charge in [-0.15, -0.1) is 11.6 Å². The summed E-state index contributed by atoms with van der Waals surface area (Å²) in [5, 5.41) is 0.663. The van der Waals surface area contributed by atoms with Crippen molar-refractivity contribution in [3.63, 3.8) is 0 Å². The number of para-hydroxylation sites is 2. The first-order valence-corrected chi connectivity index (χ1v) is 7.39. The fraction of sp³-hybridized carbons (Fsp3) is 0.0714. The lowest BCUT2D eigenvalue weighted by Gasteiger charge is -2.09. The minimum atomic E-state index is 0.350. The first-order chi connectivity index (χ1) is 9.20. The minimum Gasteiger partial charge on any atom is -0.295 e. The number of alkyl halides is 1. The fourth-order valence-electron chi connectivity index (χ4n) is 2.08. The third-order valence-electron chi connectivity index (χ3n) is 2.91. The Morgan fingerprint density at radius 2 is 1.95 bits per heavy atom. The number of benzene rings is 2. The Bertz CT molecular complexity index is 752. The van der Waals surface area contributed by atoms with Crippen LogP contribution < -0.4 is 0 Å². The van der Waals surface area contributed by atoms with Crippen molar-refractivity contribution in [2.24, 2.45) is 0 Å². The van der Waals surface area contributed by atoms with Crippen LogP contribution in [0.5, 0.6) is 0 Å². The van der Waals surface area contributed by atoms with E-state index in [4.69, 9.17) is 23.2 Å². The molecule has 0 spiro atoms. The Balaban J connectivity index is 2.31. The van der Waals surface area contributed by atoms with E-state index in [0.29, 0.717) is 10.9 Å². The van der Waals surface area contributed by atoms with Gasteiger partial charge in [-0.2, -0.15) is 0 Å². The highest BCUT2D eigenvalue weighted by molar-refractivity contribution is 9.10. The molecular weight excluding hydrogens is 347 g/mol. The van der Waals surface area contributed by atoms with Gasteiger partial charge < -0.3 is 0 Å². The lowest BCUT2D eigenvalue weighted by Crippen LogP contribution is -1.99. The monoisotopic (exact) mass is 354 g/mol. The van der Waals surface area contributed by atoms with Crippen LogP contribution >= 0.6 is 39.1 Å². The van der Waals surface area contributed by atoms with E-state index in [2.05, 4.69) is 20.9 Å². The Kier molecular flexibility index (Phi) is 3.52. The van der Waals surface area contributed by atoms with Crippen molar-refractivity contribution in [3.05, 3.63) is 57.8 Å². The van der Waals surface area contributed by atoms with Gasteiger partial charge in [0.05, 0.1) is 21.9 Å². The number of hydrogen-bond donors (Lipinski definition) is 0.